The van der Waals surface area contributed by atoms with Crippen molar-refractivity contribution in [1.82, 2.24) is 10.2 Å². The fourth-order valence-electron chi connectivity index (χ4n) is 3.42. The third kappa shape index (κ3) is 8.01. The Morgan fingerprint density at radius 3 is 2.33 bits per heavy atom. The molecule has 2 amide bonds. The summed E-state index contributed by atoms with van der Waals surface area (Å²) in [6.07, 6.45) is 1.73. The fraction of sp³-hybridized carbons (Fsp3) is 0.440. The van der Waals surface area contributed by atoms with Crippen LogP contribution < -0.4 is 14.4 Å². The van der Waals surface area contributed by atoms with Crippen molar-refractivity contribution in [3.05, 3.63) is 58.1 Å². The third-order valence-corrected chi connectivity index (χ3v) is 7.35. The SMILES string of the molecule is CCOc1ccccc1N(CC(=O)N(Cc1ccc(Cl)cc1Cl)C(C)C(=O)NC(C)CC)S(C)(=O)=O. The summed E-state index contributed by atoms with van der Waals surface area (Å²) >= 11 is 12.4. The van der Waals surface area contributed by atoms with Gasteiger partial charge in [0.25, 0.3) is 0 Å². The van der Waals surface area contributed by atoms with Gasteiger partial charge in [-0.15, -0.1) is 0 Å². The highest BCUT2D eigenvalue weighted by atomic mass is 35.5. The van der Waals surface area contributed by atoms with Gasteiger partial charge in [0.15, 0.2) is 0 Å². The molecule has 36 heavy (non-hydrogen) atoms. The van der Waals surface area contributed by atoms with Crippen LogP contribution in [-0.4, -0.2) is 56.6 Å². The minimum atomic E-state index is -3.88. The number of halogens is 2. The molecule has 2 atom stereocenters. The normalized spacial score (nSPS) is 13.0. The monoisotopic (exact) mass is 557 g/mol. The summed E-state index contributed by atoms with van der Waals surface area (Å²) in [4.78, 5) is 27.9. The van der Waals surface area contributed by atoms with E-state index in [-0.39, 0.29) is 24.2 Å². The predicted octanol–water partition coefficient (Wildman–Crippen LogP) is 4.49. The maximum atomic E-state index is 13.7. The number of carbonyl (C=O) groups is 2. The molecule has 8 nitrogen and oxygen atoms in total. The Balaban J connectivity index is 2.47. The molecule has 2 aromatic carbocycles. The first kappa shape index (κ1) is 29.7. The fourth-order valence-corrected chi connectivity index (χ4v) is 4.74. The van der Waals surface area contributed by atoms with Crippen LogP contribution in [0.5, 0.6) is 5.75 Å². The zero-order valence-corrected chi connectivity index (χ0v) is 23.5. The third-order valence-electron chi connectivity index (χ3n) is 5.64. The van der Waals surface area contributed by atoms with Crippen LogP contribution in [0.3, 0.4) is 0 Å². The van der Waals surface area contributed by atoms with Crippen LogP contribution in [0.25, 0.3) is 0 Å². The molecule has 0 radical (unpaired) electrons. The summed E-state index contributed by atoms with van der Waals surface area (Å²) in [7, 11) is -3.88. The highest BCUT2D eigenvalue weighted by Gasteiger charge is 2.31. The molecule has 11 heteroatoms. The molecule has 0 saturated carbocycles. The first-order chi connectivity index (χ1) is 16.9. The first-order valence-corrected chi connectivity index (χ1v) is 14.2. The molecule has 0 aliphatic carbocycles. The molecule has 0 saturated heterocycles. The number of nitrogens with one attached hydrogen (secondary N) is 1. The molecule has 0 aliphatic rings. The van der Waals surface area contributed by atoms with Gasteiger partial charge in [0.2, 0.25) is 21.8 Å². The van der Waals surface area contributed by atoms with Crippen molar-refractivity contribution in [2.24, 2.45) is 0 Å². The lowest BCUT2D eigenvalue weighted by atomic mass is 10.1. The van der Waals surface area contributed by atoms with Gasteiger partial charge < -0.3 is 15.0 Å². The van der Waals surface area contributed by atoms with Crippen LogP contribution >= 0.6 is 23.2 Å². The number of nitrogens with zero attached hydrogens (tertiary/aromatic N) is 2. The second-order valence-electron chi connectivity index (χ2n) is 8.42. The van der Waals surface area contributed by atoms with Crippen LogP contribution in [-0.2, 0) is 26.2 Å². The van der Waals surface area contributed by atoms with E-state index in [0.717, 1.165) is 10.6 Å². The number of rotatable bonds is 12. The largest absolute Gasteiger partial charge is 0.492 e. The van der Waals surface area contributed by atoms with Crippen molar-refractivity contribution in [2.75, 3.05) is 23.7 Å². The average Bonchev–Trinajstić information content (AvgIpc) is 2.81. The molecule has 0 aromatic heterocycles. The summed E-state index contributed by atoms with van der Waals surface area (Å²) in [6, 6.07) is 10.4. The summed E-state index contributed by atoms with van der Waals surface area (Å²) in [6.45, 7) is 6.94. The molecule has 0 aliphatic heterocycles. The predicted molar refractivity (Wildman–Crippen MR) is 144 cm³/mol. The number of amides is 2. The second kappa shape index (κ2) is 13.2. The summed E-state index contributed by atoms with van der Waals surface area (Å²) in [5.74, 6) is -0.610. The van der Waals surface area contributed by atoms with E-state index in [1.165, 1.54) is 4.90 Å². The highest BCUT2D eigenvalue weighted by Crippen LogP contribution is 2.30. The van der Waals surface area contributed by atoms with Crippen molar-refractivity contribution in [1.29, 1.82) is 0 Å². The smallest absolute Gasteiger partial charge is 0.244 e. The standard InChI is InChI=1S/C25H33Cl2N3O5S/c1-6-17(3)28-25(32)18(4)29(15-19-12-13-20(26)14-21(19)27)24(31)16-30(36(5,33)34)22-10-8-9-11-23(22)35-7-2/h8-14,17-18H,6-7,15-16H2,1-5H3,(H,28,32). The number of anilines is 1. The van der Waals surface area contributed by atoms with E-state index >= 15 is 0 Å². The topological polar surface area (TPSA) is 96.0 Å². The lowest BCUT2D eigenvalue weighted by Gasteiger charge is -2.32. The summed E-state index contributed by atoms with van der Waals surface area (Å²) in [5.41, 5.74) is 0.801. The number of carbonyl (C=O) groups excluding carboxylic acids is 2. The van der Waals surface area contributed by atoms with Gasteiger partial charge in [0.1, 0.15) is 18.3 Å². The van der Waals surface area contributed by atoms with E-state index < -0.39 is 28.5 Å². The molecule has 1 N–H and O–H groups in total. The second-order valence-corrected chi connectivity index (χ2v) is 11.2. The quantitative estimate of drug-likeness (QED) is 0.414. The van der Waals surface area contributed by atoms with Crippen molar-refractivity contribution in [3.8, 4) is 5.75 Å². The van der Waals surface area contributed by atoms with Gasteiger partial charge >= 0.3 is 0 Å². The van der Waals surface area contributed by atoms with Crippen LogP contribution in [0, 0.1) is 0 Å². The number of para-hydroxylation sites is 2. The number of hydrogen-bond donors (Lipinski definition) is 1. The number of hydrogen-bond acceptors (Lipinski definition) is 5. The Labute approximate surface area is 223 Å². The van der Waals surface area contributed by atoms with Crippen molar-refractivity contribution in [2.45, 2.75) is 52.7 Å². The van der Waals surface area contributed by atoms with Gasteiger partial charge in [0.05, 0.1) is 18.6 Å². The van der Waals surface area contributed by atoms with E-state index in [1.807, 2.05) is 13.8 Å². The van der Waals surface area contributed by atoms with E-state index in [2.05, 4.69) is 5.32 Å². The number of sulfonamides is 1. The lowest BCUT2D eigenvalue weighted by Crippen LogP contribution is -2.52. The minimum Gasteiger partial charge on any atom is -0.492 e. The average molecular weight is 559 g/mol. The van der Waals surface area contributed by atoms with E-state index in [4.69, 9.17) is 27.9 Å². The van der Waals surface area contributed by atoms with Crippen LogP contribution in [0.4, 0.5) is 5.69 Å². The molecule has 0 spiro atoms. The van der Waals surface area contributed by atoms with Crippen molar-refractivity contribution >= 4 is 50.7 Å². The minimum absolute atomic E-state index is 0.0192. The zero-order chi connectivity index (χ0) is 27.0. The van der Waals surface area contributed by atoms with Gasteiger partial charge in [-0.25, -0.2) is 8.42 Å². The highest BCUT2D eigenvalue weighted by molar-refractivity contribution is 7.92. The first-order valence-electron chi connectivity index (χ1n) is 11.6. The molecular weight excluding hydrogens is 525 g/mol. The molecule has 2 aromatic rings. The summed E-state index contributed by atoms with van der Waals surface area (Å²) < 4.78 is 32.1. The molecule has 0 bridgehead atoms. The molecule has 2 rings (SSSR count). The Hall–Kier alpha value is -2.49. The number of ether oxygens (including phenoxy) is 1. The Kier molecular flexibility index (Phi) is 10.9. The number of benzene rings is 2. The van der Waals surface area contributed by atoms with Crippen molar-refractivity contribution < 1.29 is 22.7 Å². The van der Waals surface area contributed by atoms with Gasteiger partial charge in [-0.1, -0.05) is 48.3 Å². The maximum absolute atomic E-state index is 13.7. The molecule has 0 heterocycles. The molecule has 198 valence electrons. The Bertz CT molecular complexity index is 1180. The van der Waals surface area contributed by atoms with Crippen molar-refractivity contribution in [3.63, 3.8) is 0 Å². The molecule has 2 unspecified atom stereocenters. The zero-order valence-electron chi connectivity index (χ0n) is 21.1. The van der Waals surface area contributed by atoms with E-state index in [9.17, 15) is 18.0 Å². The van der Waals surface area contributed by atoms with Crippen LogP contribution in [0.1, 0.15) is 39.7 Å². The Morgan fingerprint density at radius 1 is 1.08 bits per heavy atom. The Morgan fingerprint density at radius 2 is 1.75 bits per heavy atom. The maximum Gasteiger partial charge on any atom is 0.244 e. The van der Waals surface area contributed by atoms with Crippen LogP contribution in [0.15, 0.2) is 42.5 Å². The van der Waals surface area contributed by atoms with Gasteiger partial charge in [0, 0.05) is 22.6 Å². The van der Waals surface area contributed by atoms with Gasteiger partial charge in [-0.3, -0.25) is 13.9 Å². The van der Waals surface area contributed by atoms with Gasteiger partial charge in [-0.05, 0) is 57.0 Å². The summed E-state index contributed by atoms with van der Waals surface area (Å²) in [5, 5.41) is 3.64. The molecule has 0 fully saturated rings. The lowest BCUT2D eigenvalue weighted by molar-refractivity contribution is -0.139. The van der Waals surface area contributed by atoms with Crippen LogP contribution in [0.2, 0.25) is 10.0 Å². The molecular formula is C25H33Cl2N3O5S. The van der Waals surface area contributed by atoms with E-state index in [0.29, 0.717) is 34.4 Å². The van der Waals surface area contributed by atoms with E-state index in [1.54, 1.807) is 56.3 Å². The van der Waals surface area contributed by atoms with Gasteiger partial charge in [-0.2, -0.15) is 0 Å².